The highest BCUT2D eigenvalue weighted by molar-refractivity contribution is 6.28. The fraction of sp³-hybridized carbons (Fsp3) is 0.300. The second kappa shape index (κ2) is 6.13. The van der Waals surface area contributed by atoms with Crippen molar-refractivity contribution in [3.8, 4) is 11.5 Å². The molecule has 2 aromatic rings. The summed E-state index contributed by atoms with van der Waals surface area (Å²) in [6, 6.07) is 13.2. The van der Waals surface area contributed by atoms with Crippen LogP contribution in [0.25, 0.3) is 0 Å². The lowest BCUT2D eigenvalue weighted by Gasteiger charge is -2.41. The second-order valence-corrected chi connectivity index (χ2v) is 7.14. The number of carboxylic acids is 1. The van der Waals surface area contributed by atoms with Crippen LogP contribution in [0.2, 0.25) is 0 Å². The molecule has 3 heterocycles. The molecule has 0 aromatic heterocycles. The lowest BCUT2D eigenvalue weighted by atomic mass is 9.87. The van der Waals surface area contributed by atoms with E-state index in [0.29, 0.717) is 24.3 Å². The molecule has 2 aromatic carbocycles. The van der Waals surface area contributed by atoms with Crippen molar-refractivity contribution in [2.24, 2.45) is 0 Å². The number of carboxylic acid groups (broad SMARTS) is 1. The van der Waals surface area contributed by atoms with Crippen molar-refractivity contribution in [2.45, 2.75) is 24.5 Å². The number of nitrogens with zero attached hydrogens (tertiary/aromatic N) is 1. The summed E-state index contributed by atoms with van der Waals surface area (Å²) in [5.74, 6) is -1.60. The second-order valence-electron chi connectivity index (χ2n) is 7.14. The molecule has 144 valence electrons. The first-order chi connectivity index (χ1) is 13.5. The maximum Gasteiger partial charge on any atom is 0.417 e. The van der Waals surface area contributed by atoms with Crippen molar-refractivity contribution in [3.63, 3.8) is 0 Å². The molecule has 0 aliphatic carbocycles. The first-order valence-electron chi connectivity index (χ1n) is 8.91. The number of hydrogen-bond donors (Lipinski definition) is 1. The highest BCUT2D eigenvalue weighted by Gasteiger charge is 2.50. The van der Waals surface area contributed by atoms with Crippen LogP contribution in [0.1, 0.15) is 23.7 Å². The van der Waals surface area contributed by atoms with Gasteiger partial charge in [-0.05, 0) is 11.6 Å². The van der Waals surface area contributed by atoms with E-state index >= 15 is 0 Å². The van der Waals surface area contributed by atoms with Gasteiger partial charge in [0.05, 0.1) is 12.2 Å². The molecule has 1 saturated heterocycles. The van der Waals surface area contributed by atoms with Crippen molar-refractivity contribution in [1.82, 2.24) is 0 Å². The predicted octanol–water partition coefficient (Wildman–Crippen LogP) is 2.22. The van der Waals surface area contributed by atoms with Crippen molar-refractivity contribution in [1.29, 1.82) is 0 Å². The molecule has 3 aliphatic rings. The van der Waals surface area contributed by atoms with Gasteiger partial charge in [-0.2, -0.15) is 0 Å². The van der Waals surface area contributed by atoms with E-state index in [1.54, 1.807) is 5.06 Å². The Morgan fingerprint density at radius 2 is 1.93 bits per heavy atom. The van der Waals surface area contributed by atoms with Gasteiger partial charge in [-0.15, -0.1) is 0 Å². The number of ether oxygens (including phenoxy) is 3. The first kappa shape index (κ1) is 16.9. The number of anilines is 1. The summed E-state index contributed by atoms with van der Waals surface area (Å²) in [5, 5.41) is 10.7. The third-order valence-electron chi connectivity index (χ3n) is 5.23. The Morgan fingerprint density at radius 1 is 1.18 bits per heavy atom. The third-order valence-corrected chi connectivity index (χ3v) is 5.23. The summed E-state index contributed by atoms with van der Waals surface area (Å²) < 4.78 is 16.4. The number of benzene rings is 2. The highest BCUT2D eigenvalue weighted by Crippen LogP contribution is 2.52. The van der Waals surface area contributed by atoms with E-state index in [9.17, 15) is 9.59 Å². The molecule has 0 saturated carbocycles. The van der Waals surface area contributed by atoms with E-state index in [0.717, 1.165) is 16.8 Å². The zero-order chi connectivity index (χ0) is 19.3. The van der Waals surface area contributed by atoms with Gasteiger partial charge in [0.25, 0.3) is 0 Å². The van der Waals surface area contributed by atoms with Gasteiger partial charge in [-0.1, -0.05) is 30.3 Å². The molecule has 1 N–H and O–H groups in total. The molecule has 2 unspecified atom stereocenters. The van der Waals surface area contributed by atoms with Crippen molar-refractivity contribution in [3.05, 3.63) is 53.6 Å². The number of hydroxylamine groups is 1. The number of esters is 1. The number of carbonyl (C=O) groups is 2. The van der Waals surface area contributed by atoms with Crippen LogP contribution >= 0.6 is 0 Å². The zero-order valence-electron chi connectivity index (χ0n) is 14.8. The molecule has 1 fully saturated rings. The van der Waals surface area contributed by atoms with Crippen LogP contribution in [0.15, 0.2) is 42.5 Å². The maximum absolute atomic E-state index is 12.0. The minimum Gasteiger partial charge on any atom is -0.473 e. The fourth-order valence-electron chi connectivity index (χ4n) is 4.07. The molecule has 2 atom stereocenters. The molecule has 8 nitrogen and oxygen atoms in total. The largest absolute Gasteiger partial charge is 0.473 e. The summed E-state index contributed by atoms with van der Waals surface area (Å²) in [4.78, 5) is 29.1. The minimum atomic E-state index is -1.61. The van der Waals surface area contributed by atoms with Crippen molar-refractivity contribution in [2.75, 3.05) is 18.4 Å². The van der Waals surface area contributed by atoms with Gasteiger partial charge < -0.3 is 19.3 Å². The quantitative estimate of drug-likeness (QED) is 0.637. The van der Waals surface area contributed by atoms with Crippen LogP contribution < -0.4 is 14.5 Å². The van der Waals surface area contributed by atoms with Gasteiger partial charge in [-0.25, -0.2) is 14.7 Å². The lowest BCUT2D eigenvalue weighted by molar-refractivity contribution is -0.183. The molecular weight excluding hydrogens is 366 g/mol. The molecule has 8 heteroatoms. The summed E-state index contributed by atoms with van der Waals surface area (Å²) >= 11 is 0. The van der Waals surface area contributed by atoms with Crippen LogP contribution in [0.3, 0.4) is 0 Å². The van der Waals surface area contributed by atoms with Gasteiger partial charge >= 0.3 is 11.9 Å². The molecule has 0 radical (unpaired) electrons. The highest BCUT2D eigenvalue weighted by atomic mass is 16.7. The van der Waals surface area contributed by atoms with Gasteiger partial charge in [0.1, 0.15) is 11.7 Å². The standard InChI is InChI=1S/C20H17NO7/c22-18(23)19(24)27-20(8-12-4-2-1-3-5-12)9-17-13-6-15-16(26-11-25-15)7-14(13)21(10-20)28-17/h1-7,17H,8-11H2,(H,22,23). The predicted molar refractivity (Wildman–Crippen MR) is 95.0 cm³/mol. The van der Waals surface area contributed by atoms with Gasteiger partial charge in [0, 0.05) is 24.5 Å². The number of rotatable bonds is 3. The molecule has 0 amide bonds. The van der Waals surface area contributed by atoms with E-state index in [4.69, 9.17) is 24.2 Å². The van der Waals surface area contributed by atoms with Crippen molar-refractivity contribution >= 4 is 17.6 Å². The Kier molecular flexibility index (Phi) is 3.70. The number of fused-ring (bicyclic) bond motifs is 6. The van der Waals surface area contributed by atoms with E-state index < -0.39 is 17.5 Å². The van der Waals surface area contributed by atoms with Crippen LogP contribution in [-0.4, -0.2) is 36.0 Å². The topological polar surface area (TPSA) is 94.5 Å². The molecule has 5 rings (SSSR count). The summed E-state index contributed by atoms with van der Waals surface area (Å²) in [6.45, 7) is 0.391. The smallest absolute Gasteiger partial charge is 0.417 e. The SMILES string of the molecule is O=C(O)C(=O)OC1(Cc2ccccc2)CC2ON(C1)c1cc3c(cc12)OCO3. The zero-order valence-corrected chi connectivity index (χ0v) is 14.8. The van der Waals surface area contributed by atoms with Gasteiger partial charge in [-0.3, -0.25) is 4.84 Å². The summed E-state index contributed by atoms with van der Waals surface area (Å²) in [5.41, 5.74) is 1.63. The van der Waals surface area contributed by atoms with Crippen LogP contribution in [0.4, 0.5) is 5.69 Å². The first-order valence-corrected chi connectivity index (χ1v) is 8.91. The number of carbonyl (C=O) groups excluding carboxylic acids is 1. The van der Waals surface area contributed by atoms with Crippen LogP contribution in [-0.2, 0) is 25.6 Å². The van der Waals surface area contributed by atoms with Gasteiger partial charge in [0.15, 0.2) is 11.5 Å². The minimum absolute atomic E-state index is 0.178. The van der Waals surface area contributed by atoms with E-state index in [2.05, 4.69) is 0 Å². The Bertz CT molecular complexity index is 920. The Balaban J connectivity index is 1.50. The number of hydrogen-bond acceptors (Lipinski definition) is 7. The summed E-state index contributed by atoms with van der Waals surface area (Å²) in [6.07, 6.45) is 0.345. The summed E-state index contributed by atoms with van der Waals surface area (Å²) in [7, 11) is 0. The molecule has 3 aliphatic heterocycles. The van der Waals surface area contributed by atoms with Crippen LogP contribution in [0.5, 0.6) is 11.5 Å². The van der Waals surface area contributed by atoms with Crippen LogP contribution in [0, 0.1) is 0 Å². The van der Waals surface area contributed by atoms with Crippen molar-refractivity contribution < 1.29 is 33.7 Å². The Labute approximate surface area is 160 Å². The Hall–Kier alpha value is -3.26. The molecular formula is C20H17NO7. The van der Waals surface area contributed by atoms with Gasteiger partial charge in [0.2, 0.25) is 6.79 Å². The lowest BCUT2D eigenvalue weighted by Crippen LogP contribution is -2.52. The third kappa shape index (κ3) is 2.73. The molecule has 2 bridgehead atoms. The number of aliphatic carboxylic acids is 1. The van der Waals surface area contributed by atoms with E-state index in [1.807, 2.05) is 42.5 Å². The molecule has 28 heavy (non-hydrogen) atoms. The fourth-order valence-corrected chi connectivity index (χ4v) is 4.07. The van der Waals surface area contributed by atoms with E-state index in [1.165, 1.54) is 0 Å². The normalized spacial score (nSPS) is 24.0. The van der Waals surface area contributed by atoms with E-state index in [-0.39, 0.29) is 19.4 Å². The monoisotopic (exact) mass is 383 g/mol. The average Bonchev–Trinajstić information content (AvgIpc) is 3.23. The average molecular weight is 383 g/mol. The Morgan fingerprint density at radius 3 is 2.68 bits per heavy atom. The maximum atomic E-state index is 12.0. The molecule has 0 spiro atoms.